The lowest BCUT2D eigenvalue weighted by molar-refractivity contribution is 0.0929. The molecule has 22 heavy (non-hydrogen) atoms. The Kier molecular flexibility index (Phi) is 4.04. The lowest BCUT2D eigenvalue weighted by atomic mass is 9.94. The first-order valence-corrected chi connectivity index (χ1v) is 7.57. The molecule has 1 amide bonds. The van der Waals surface area contributed by atoms with Gasteiger partial charge in [0.2, 0.25) is 5.95 Å². The predicted molar refractivity (Wildman–Crippen MR) is 82.2 cm³/mol. The first-order valence-electron chi connectivity index (χ1n) is 7.57. The van der Waals surface area contributed by atoms with Crippen molar-refractivity contribution < 1.29 is 4.79 Å². The standard InChI is InChI=1S/C15H20N6O/c1-10(9-21-8-4-7-17-21)18-14(22)13-11-5-2-3-6-12(11)19-15(16)20-13/h4,7-8,10H,2-3,5-6,9H2,1H3,(H,18,22)(H2,16,19,20)/t10-/m1/s1. The number of carbonyl (C=O) groups excluding carboxylic acids is 1. The Bertz CT molecular complexity index is 667. The van der Waals surface area contributed by atoms with E-state index < -0.39 is 0 Å². The van der Waals surface area contributed by atoms with Crippen LogP contribution in [0.1, 0.15) is 41.5 Å². The number of nitrogens with one attached hydrogen (secondary N) is 1. The fourth-order valence-corrected chi connectivity index (χ4v) is 2.83. The van der Waals surface area contributed by atoms with Crippen LogP contribution >= 0.6 is 0 Å². The summed E-state index contributed by atoms with van der Waals surface area (Å²) in [6.07, 6.45) is 7.43. The van der Waals surface area contributed by atoms with Gasteiger partial charge in [-0.1, -0.05) is 0 Å². The summed E-state index contributed by atoms with van der Waals surface area (Å²) < 4.78 is 1.79. The van der Waals surface area contributed by atoms with Crippen molar-refractivity contribution in [1.82, 2.24) is 25.1 Å². The summed E-state index contributed by atoms with van der Waals surface area (Å²) >= 11 is 0. The molecule has 7 nitrogen and oxygen atoms in total. The molecule has 3 rings (SSSR count). The highest BCUT2D eigenvalue weighted by molar-refractivity contribution is 5.94. The van der Waals surface area contributed by atoms with Crippen molar-refractivity contribution in [2.24, 2.45) is 0 Å². The highest BCUT2D eigenvalue weighted by atomic mass is 16.2. The van der Waals surface area contributed by atoms with Crippen molar-refractivity contribution in [3.8, 4) is 0 Å². The summed E-state index contributed by atoms with van der Waals surface area (Å²) in [6.45, 7) is 2.55. The number of aryl methyl sites for hydroxylation is 1. The Balaban J connectivity index is 1.76. The molecule has 0 aromatic carbocycles. The fraction of sp³-hybridized carbons (Fsp3) is 0.467. The van der Waals surface area contributed by atoms with Crippen LogP contribution in [0.15, 0.2) is 18.5 Å². The minimum Gasteiger partial charge on any atom is -0.368 e. The molecule has 2 heterocycles. The first-order chi connectivity index (χ1) is 10.6. The van der Waals surface area contributed by atoms with Crippen molar-refractivity contribution in [2.45, 2.75) is 45.2 Å². The molecule has 0 radical (unpaired) electrons. The van der Waals surface area contributed by atoms with Gasteiger partial charge < -0.3 is 11.1 Å². The van der Waals surface area contributed by atoms with Gasteiger partial charge in [-0.3, -0.25) is 9.48 Å². The third kappa shape index (κ3) is 3.08. The van der Waals surface area contributed by atoms with Gasteiger partial charge in [0.15, 0.2) is 0 Å². The van der Waals surface area contributed by atoms with Gasteiger partial charge in [0, 0.05) is 29.7 Å². The number of aromatic nitrogens is 4. The van der Waals surface area contributed by atoms with Gasteiger partial charge in [0.25, 0.3) is 5.91 Å². The zero-order valence-electron chi connectivity index (χ0n) is 12.6. The van der Waals surface area contributed by atoms with Gasteiger partial charge in [-0.15, -0.1) is 0 Å². The van der Waals surface area contributed by atoms with Crippen LogP contribution in [0.5, 0.6) is 0 Å². The molecular weight excluding hydrogens is 280 g/mol. The molecule has 1 aliphatic rings. The fourth-order valence-electron chi connectivity index (χ4n) is 2.83. The van der Waals surface area contributed by atoms with Crippen LogP contribution in [0.3, 0.4) is 0 Å². The molecule has 0 saturated heterocycles. The number of rotatable bonds is 4. The van der Waals surface area contributed by atoms with E-state index in [1.54, 1.807) is 10.9 Å². The van der Waals surface area contributed by atoms with E-state index in [0.29, 0.717) is 12.2 Å². The Morgan fingerprint density at radius 1 is 1.41 bits per heavy atom. The monoisotopic (exact) mass is 300 g/mol. The normalized spacial score (nSPS) is 15.1. The Morgan fingerprint density at radius 2 is 2.23 bits per heavy atom. The summed E-state index contributed by atoms with van der Waals surface area (Å²) in [5.41, 5.74) is 8.04. The molecule has 0 bridgehead atoms. The lowest BCUT2D eigenvalue weighted by Crippen LogP contribution is -2.37. The largest absolute Gasteiger partial charge is 0.368 e. The van der Waals surface area contributed by atoms with E-state index in [-0.39, 0.29) is 17.9 Å². The molecule has 0 saturated carbocycles. The maximum Gasteiger partial charge on any atom is 0.270 e. The summed E-state index contributed by atoms with van der Waals surface area (Å²) in [4.78, 5) is 21.0. The SMILES string of the molecule is C[C@H](Cn1cccn1)NC(=O)c1nc(N)nc2c1CCCC2. The molecule has 7 heteroatoms. The number of hydrogen-bond donors (Lipinski definition) is 2. The quantitative estimate of drug-likeness (QED) is 0.876. The molecule has 0 fully saturated rings. The summed E-state index contributed by atoms with van der Waals surface area (Å²) in [6, 6.07) is 1.80. The van der Waals surface area contributed by atoms with Crippen LogP contribution < -0.4 is 11.1 Å². The highest BCUT2D eigenvalue weighted by Gasteiger charge is 2.22. The molecule has 0 unspecified atom stereocenters. The second kappa shape index (κ2) is 6.13. The summed E-state index contributed by atoms with van der Waals surface area (Å²) in [7, 11) is 0. The van der Waals surface area contributed by atoms with Crippen LogP contribution in [0.2, 0.25) is 0 Å². The number of carbonyl (C=O) groups is 1. The summed E-state index contributed by atoms with van der Waals surface area (Å²) in [5.74, 6) is -0.0163. The van der Waals surface area contributed by atoms with Crippen molar-refractivity contribution in [3.05, 3.63) is 35.4 Å². The van der Waals surface area contributed by atoms with Crippen molar-refractivity contribution in [1.29, 1.82) is 0 Å². The molecule has 2 aromatic heterocycles. The van der Waals surface area contributed by atoms with E-state index in [9.17, 15) is 4.79 Å². The minimum absolute atomic E-state index is 0.0529. The number of nitrogens with zero attached hydrogens (tertiary/aromatic N) is 4. The van der Waals surface area contributed by atoms with Gasteiger partial charge in [-0.05, 0) is 38.7 Å². The Hall–Kier alpha value is -2.44. The maximum absolute atomic E-state index is 12.5. The molecule has 0 spiro atoms. The Labute approximate surface area is 129 Å². The highest BCUT2D eigenvalue weighted by Crippen LogP contribution is 2.22. The lowest BCUT2D eigenvalue weighted by Gasteiger charge is -2.19. The molecule has 1 aliphatic carbocycles. The van der Waals surface area contributed by atoms with Crippen LogP contribution in [0, 0.1) is 0 Å². The van der Waals surface area contributed by atoms with E-state index >= 15 is 0 Å². The third-order valence-electron chi connectivity index (χ3n) is 3.81. The first kappa shape index (κ1) is 14.5. The third-order valence-corrected chi connectivity index (χ3v) is 3.81. The zero-order chi connectivity index (χ0) is 15.5. The smallest absolute Gasteiger partial charge is 0.270 e. The van der Waals surface area contributed by atoms with Crippen LogP contribution in [-0.2, 0) is 19.4 Å². The van der Waals surface area contributed by atoms with Crippen molar-refractivity contribution in [2.75, 3.05) is 5.73 Å². The number of nitrogen functional groups attached to an aromatic ring is 1. The van der Waals surface area contributed by atoms with E-state index in [2.05, 4.69) is 20.4 Å². The summed E-state index contributed by atoms with van der Waals surface area (Å²) in [5, 5.41) is 7.11. The number of amides is 1. The van der Waals surface area contributed by atoms with Gasteiger partial charge in [0.05, 0.1) is 6.54 Å². The molecule has 116 valence electrons. The number of anilines is 1. The van der Waals surface area contributed by atoms with Gasteiger partial charge in [0.1, 0.15) is 5.69 Å². The van der Waals surface area contributed by atoms with Crippen LogP contribution in [0.25, 0.3) is 0 Å². The zero-order valence-corrected chi connectivity index (χ0v) is 12.6. The minimum atomic E-state index is -0.188. The van der Waals surface area contributed by atoms with E-state index in [1.165, 1.54) is 0 Å². The van der Waals surface area contributed by atoms with Crippen LogP contribution in [0.4, 0.5) is 5.95 Å². The number of hydrogen-bond acceptors (Lipinski definition) is 5. The average molecular weight is 300 g/mol. The molecule has 1 atom stereocenters. The van der Waals surface area contributed by atoms with E-state index in [0.717, 1.165) is 36.9 Å². The molecule has 2 aromatic rings. The van der Waals surface area contributed by atoms with Crippen molar-refractivity contribution in [3.63, 3.8) is 0 Å². The van der Waals surface area contributed by atoms with Gasteiger partial charge in [-0.25, -0.2) is 9.97 Å². The Morgan fingerprint density at radius 3 is 3.00 bits per heavy atom. The predicted octanol–water partition coefficient (Wildman–Crippen LogP) is 0.953. The van der Waals surface area contributed by atoms with E-state index in [4.69, 9.17) is 5.73 Å². The van der Waals surface area contributed by atoms with Gasteiger partial charge in [-0.2, -0.15) is 5.10 Å². The van der Waals surface area contributed by atoms with Crippen molar-refractivity contribution >= 4 is 11.9 Å². The van der Waals surface area contributed by atoms with Gasteiger partial charge >= 0.3 is 0 Å². The average Bonchev–Trinajstić information content (AvgIpc) is 2.98. The second-order valence-corrected chi connectivity index (χ2v) is 5.67. The van der Waals surface area contributed by atoms with E-state index in [1.807, 2.05) is 19.2 Å². The molecular formula is C15H20N6O. The second-order valence-electron chi connectivity index (χ2n) is 5.67. The molecule has 3 N–H and O–H groups in total. The van der Waals surface area contributed by atoms with Crippen LogP contribution in [-0.4, -0.2) is 31.7 Å². The topological polar surface area (TPSA) is 98.7 Å². The number of fused-ring (bicyclic) bond motifs is 1. The molecule has 0 aliphatic heterocycles. The maximum atomic E-state index is 12.5. The number of nitrogens with two attached hydrogens (primary N) is 1.